The van der Waals surface area contributed by atoms with E-state index in [9.17, 15) is 9.59 Å². The number of likely N-dealkylation sites (N-methyl/N-ethyl adjacent to an activating group) is 1. The number of carboxylic acids is 1. The third-order valence-electron chi connectivity index (χ3n) is 3.27. The number of carbonyl (C=O) groups excluding carboxylic acids is 1. The van der Waals surface area contributed by atoms with E-state index >= 15 is 0 Å². The summed E-state index contributed by atoms with van der Waals surface area (Å²) in [6, 6.07) is -0.248. The predicted octanol–water partition coefficient (Wildman–Crippen LogP) is 1.04. The van der Waals surface area contributed by atoms with E-state index in [-0.39, 0.29) is 12.5 Å². The third-order valence-corrected chi connectivity index (χ3v) is 3.27. The lowest BCUT2D eigenvalue weighted by Crippen LogP contribution is -2.46. The minimum Gasteiger partial charge on any atom is -0.480 e. The summed E-state index contributed by atoms with van der Waals surface area (Å²) in [6.07, 6.45) is 2.16. The van der Waals surface area contributed by atoms with Crippen LogP contribution in [0.25, 0.3) is 0 Å². The van der Waals surface area contributed by atoms with Gasteiger partial charge in [-0.3, -0.25) is 14.5 Å². The number of rotatable bonds is 7. The molecule has 0 saturated heterocycles. The van der Waals surface area contributed by atoms with Crippen molar-refractivity contribution in [2.24, 2.45) is 5.92 Å². The van der Waals surface area contributed by atoms with Gasteiger partial charge in [0.1, 0.15) is 6.04 Å². The van der Waals surface area contributed by atoms with Crippen LogP contribution in [0.3, 0.4) is 0 Å². The number of carboxylic acid groups (broad SMARTS) is 1. The highest BCUT2D eigenvalue weighted by atomic mass is 16.4. The van der Waals surface area contributed by atoms with E-state index in [0.29, 0.717) is 12.0 Å². The van der Waals surface area contributed by atoms with E-state index < -0.39 is 12.0 Å². The minimum atomic E-state index is -0.896. The number of aliphatic carboxylic acids is 1. The number of amides is 1. The lowest BCUT2D eigenvalue weighted by molar-refractivity contribution is -0.143. The van der Waals surface area contributed by atoms with Crippen LogP contribution >= 0.6 is 0 Å². The van der Waals surface area contributed by atoms with E-state index in [1.54, 1.807) is 18.9 Å². The Bertz CT molecular complexity index is 313. The highest BCUT2D eigenvalue weighted by Gasteiger charge is 2.33. The maximum Gasteiger partial charge on any atom is 0.320 e. The first-order valence-electron chi connectivity index (χ1n) is 6.55. The zero-order valence-corrected chi connectivity index (χ0v) is 11.7. The van der Waals surface area contributed by atoms with Gasteiger partial charge >= 0.3 is 5.97 Å². The normalized spacial score (nSPS) is 17.0. The van der Waals surface area contributed by atoms with E-state index in [1.807, 2.05) is 4.90 Å². The van der Waals surface area contributed by atoms with E-state index in [2.05, 4.69) is 13.8 Å². The quantitative estimate of drug-likeness (QED) is 0.739. The fourth-order valence-electron chi connectivity index (χ4n) is 1.86. The predicted molar refractivity (Wildman–Crippen MR) is 69.3 cm³/mol. The molecule has 0 aromatic carbocycles. The molecule has 1 rings (SSSR count). The summed E-state index contributed by atoms with van der Waals surface area (Å²) in [5.41, 5.74) is 0. The fourth-order valence-corrected chi connectivity index (χ4v) is 1.86. The lowest BCUT2D eigenvalue weighted by atomic mass is 10.2. The molecule has 1 unspecified atom stereocenters. The van der Waals surface area contributed by atoms with Crippen LogP contribution in [0, 0.1) is 5.92 Å². The zero-order chi connectivity index (χ0) is 13.9. The third kappa shape index (κ3) is 4.29. The molecule has 0 spiro atoms. The molecule has 1 aliphatic rings. The molecular weight excluding hydrogens is 232 g/mol. The zero-order valence-electron chi connectivity index (χ0n) is 11.7. The second-order valence-corrected chi connectivity index (χ2v) is 5.60. The van der Waals surface area contributed by atoms with Gasteiger partial charge in [0.05, 0.1) is 6.54 Å². The standard InChI is InChI=1S/C13H24N2O3/c1-9(2)7-15(11-5-6-11)12(16)8-14(4)10(3)13(17)18/h9-11H,5-8H2,1-4H3,(H,17,18). The molecule has 0 radical (unpaired) electrons. The average molecular weight is 256 g/mol. The van der Waals surface area contributed by atoms with Gasteiger partial charge in [-0.05, 0) is 32.7 Å². The van der Waals surface area contributed by atoms with E-state index in [0.717, 1.165) is 19.4 Å². The van der Waals surface area contributed by atoms with Crippen molar-refractivity contribution in [3.8, 4) is 0 Å². The monoisotopic (exact) mass is 256 g/mol. The van der Waals surface area contributed by atoms with Gasteiger partial charge in [-0.15, -0.1) is 0 Å². The SMILES string of the molecule is CC(C)CN(C(=O)CN(C)C(C)C(=O)O)C1CC1. The summed E-state index contributed by atoms with van der Waals surface area (Å²) in [4.78, 5) is 26.5. The Morgan fingerprint density at radius 3 is 2.22 bits per heavy atom. The summed E-state index contributed by atoms with van der Waals surface area (Å²) in [6.45, 7) is 6.72. The molecule has 1 amide bonds. The molecule has 0 aromatic heterocycles. The molecule has 18 heavy (non-hydrogen) atoms. The molecule has 0 heterocycles. The van der Waals surface area contributed by atoms with Gasteiger partial charge in [-0.25, -0.2) is 0 Å². The molecule has 0 aromatic rings. The van der Waals surface area contributed by atoms with Gasteiger partial charge < -0.3 is 10.0 Å². The smallest absolute Gasteiger partial charge is 0.320 e. The first-order chi connectivity index (χ1) is 8.32. The van der Waals surface area contributed by atoms with Gasteiger partial charge in [-0.2, -0.15) is 0 Å². The van der Waals surface area contributed by atoms with Crippen molar-refractivity contribution >= 4 is 11.9 Å². The van der Waals surface area contributed by atoms with Crippen molar-refractivity contribution < 1.29 is 14.7 Å². The molecule has 0 bridgehead atoms. The summed E-state index contributed by atoms with van der Waals surface area (Å²) in [5, 5.41) is 8.90. The van der Waals surface area contributed by atoms with Crippen LogP contribution in [-0.4, -0.2) is 59.0 Å². The molecule has 5 heteroatoms. The van der Waals surface area contributed by atoms with Crippen LogP contribution in [-0.2, 0) is 9.59 Å². The Hall–Kier alpha value is -1.10. The van der Waals surface area contributed by atoms with Gasteiger partial charge in [0.15, 0.2) is 0 Å². The van der Waals surface area contributed by atoms with Crippen LogP contribution in [0.5, 0.6) is 0 Å². The average Bonchev–Trinajstić information content (AvgIpc) is 3.07. The van der Waals surface area contributed by atoms with Crippen molar-refractivity contribution in [2.75, 3.05) is 20.1 Å². The highest BCUT2D eigenvalue weighted by molar-refractivity contribution is 5.80. The van der Waals surface area contributed by atoms with Crippen LogP contribution in [0.15, 0.2) is 0 Å². The maximum atomic E-state index is 12.2. The van der Waals surface area contributed by atoms with Crippen molar-refractivity contribution in [3.05, 3.63) is 0 Å². The fraction of sp³-hybridized carbons (Fsp3) is 0.846. The van der Waals surface area contributed by atoms with E-state index in [4.69, 9.17) is 5.11 Å². The topological polar surface area (TPSA) is 60.9 Å². The molecule has 1 fully saturated rings. The molecule has 0 aliphatic heterocycles. The Morgan fingerprint density at radius 1 is 1.28 bits per heavy atom. The van der Waals surface area contributed by atoms with Crippen molar-refractivity contribution in [3.63, 3.8) is 0 Å². The summed E-state index contributed by atoms with van der Waals surface area (Å²) in [5.74, 6) is -0.411. The molecule has 104 valence electrons. The molecular formula is C13H24N2O3. The lowest BCUT2D eigenvalue weighted by Gasteiger charge is -2.28. The molecule has 1 aliphatic carbocycles. The minimum absolute atomic E-state index is 0.0433. The van der Waals surface area contributed by atoms with E-state index in [1.165, 1.54) is 0 Å². The first kappa shape index (κ1) is 15.0. The number of nitrogens with zero attached hydrogens (tertiary/aromatic N) is 2. The van der Waals surface area contributed by atoms with Crippen molar-refractivity contribution in [1.29, 1.82) is 0 Å². The summed E-state index contributed by atoms with van der Waals surface area (Å²) < 4.78 is 0. The van der Waals surface area contributed by atoms with Crippen LogP contribution in [0.4, 0.5) is 0 Å². The Kier molecular flexibility index (Phi) is 5.14. The highest BCUT2D eigenvalue weighted by Crippen LogP contribution is 2.27. The molecule has 1 atom stereocenters. The van der Waals surface area contributed by atoms with Crippen LogP contribution in [0.2, 0.25) is 0 Å². The van der Waals surface area contributed by atoms with Gasteiger partial charge in [0, 0.05) is 12.6 Å². The summed E-state index contributed by atoms with van der Waals surface area (Å²) >= 11 is 0. The molecule has 1 saturated carbocycles. The molecule has 5 nitrogen and oxygen atoms in total. The Morgan fingerprint density at radius 2 is 1.83 bits per heavy atom. The second kappa shape index (κ2) is 6.18. The summed E-state index contributed by atoms with van der Waals surface area (Å²) in [7, 11) is 1.68. The number of hydrogen-bond acceptors (Lipinski definition) is 3. The van der Waals surface area contributed by atoms with Crippen LogP contribution in [0.1, 0.15) is 33.6 Å². The molecule has 1 N–H and O–H groups in total. The number of hydrogen-bond donors (Lipinski definition) is 1. The first-order valence-corrected chi connectivity index (χ1v) is 6.55. The maximum absolute atomic E-state index is 12.2. The second-order valence-electron chi connectivity index (χ2n) is 5.60. The van der Waals surface area contributed by atoms with Gasteiger partial charge in [-0.1, -0.05) is 13.8 Å². The largest absolute Gasteiger partial charge is 0.480 e. The number of carbonyl (C=O) groups is 2. The van der Waals surface area contributed by atoms with Crippen LogP contribution < -0.4 is 0 Å². The van der Waals surface area contributed by atoms with Crippen molar-refractivity contribution in [1.82, 2.24) is 9.80 Å². The van der Waals surface area contributed by atoms with Gasteiger partial charge in [0.25, 0.3) is 0 Å². The Balaban J connectivity index is 2.53. The Labute approximate surface area is 109 Å². The van der Waals surface area contributed by atoms with Crippen molar-refractivity contribution in [2.45, 2.75) is 45.7 Å². The van der Waals surface area contributed by atoms with Gasteiger partial charge in [0.2, 0.25) is 5.91 Å².